The topological polar surface area (TPSA) is 92.3 Å². The second kappa shape index (κ2) is 7.54. The van der Waals surface area contributed by atoms with E-state index in [4.69, 9.17) is 0 Å². The number of halogens is 1. The lowest BCUT2D eigenvalue weighted by Gasteiger charge is -2.08. The molecular weight excluding hydrogens is 355 g/mol. The van der Waals surface area contributed by atoms with Gasteiger partial charge >= 0.3 is 0 Å². The molecule has 2 aromatic rings. The Morgan fingerprint density at radius 2 is 2.00 bits per heavy atom. The van der Waals surface area contributed by atoms with Crippen molar-refractivity contribution in [3.05, 3.63) is 46.4 Å². The van der Waals surface area contributed by atoms with Crippen LogP contribution >= 0.6 is 11.3 Å². The molecule has 1 heterocycles. The van der Waals surface area contributed by atoms with Gasteiger partial charge in [-0.2, -0.15) is 11.3 Å². The standard InChI is InChI=1S/C15H15FN2O4S2/c1-24(21,22)11-2-3-12(16)13(8-11)18-14(19)4-6-17-15(20)10-5-7-23-9-10/h2-3,5,7-9H,4,6H2,1H3,(H,17,20)(H,18,19). The molecule has 1 aromatic heterocycles. The molecule has 0 aliphatic heterocycles. The van der Waals surface area contributed by atoms with E-state index in [1.807, 2.05) is 0 Å². The fraction of sp³-hybridized carbons (Fsp3) is 0.200. The molecule has 0 saturated heterocycles. The molecule has 0 aliphatic rings. The molecule has 128 valence electrons. The van der Waals surface area contributed by atoms with Crippen LogP contribution in [0.15, 0.2) is 39.9 Å². The maximum absolute atomic E-state index is 13.7. The zero-order valence-corrected chi connectivity index (χ0v) is 14.3. The molecule has 0 fully saturated rings. The largest absolute Gasteiger partial charge is 0.351 e. The maximum atomic E-state index is 13.7. The lowest BCUT2D eigenvalue weighted by atomic mass is 10.3. The van der Waals surface area contributed by atoms with Crippen LogP contribution in [0.25, 0.3) is 0 Å². The number of anilines is 1. The van der Waals surface area contributed by atoms with Gasteiger partial charge in [0.05, 0.1) is 10.6 Å². The van der Waals surface area contributed by atoms with E-state index in [0.717, 1.165) is 24.5 Å². The zero-order valence-electron chi connectivity index (χ0n) is 12.7. The van der Waals surface area contributed by atoms with Crippen LogP contribution in [0, 0.1) is 5.82 Å². The summed E-state index contributed by atoms with van der Waals surface area (Å²) < 4.78 is 36.6. The van der Waals surface area contributed by atoms with Crippen LogP contribution in [0.5, 0.6) is 0 Å². The number of hydrogen-bond acceptors (Lipinski definition) is 5. The minimum atomic E-state index is -3.51. The van der Waals surface area contributed by atoms with E-state index in [2.05, 4.69) is 10.6 Å². The van der Waals surface area contributed by atoms with Crippen molar-refractivity contribution in [3.63, 3.8) is 0 Å². The summed E-state index contributed by atoms with van der Waals surface area (Å²) in [6.07, 6.45) is 0.921. The number of rotatable bonds is 6. The van der Waals surface area contributed by atoms with Crippen LogP contribution in [-0.4, -0.2) is 33.0 Å². The van der Waals surface area contributed by atoms with Crippen molar-refractivity contribution in [1.82, 2.24) is 5.32 Å². The quantitative estimate of drug-likeness (QED) is 0.761. The molecule has 24 heavy (non-hydrogen) atoms. The highest BCUT2D eigenvalue weighted by Gasteiger charge is 2.13. The number of carbonyl (C=O) groups is 2. The van der Waals surface area contributed by atoms with Crippen molar-refractivity contribution in [2.24, 2.45) is 0 Å². The summed E-state index contributed by atoms with van der Waals surface area (Å²) in [5.74, 6) is -1.57. The van der Waals surface area contributed by atoms with Gasteiger partial charge in [0, 0.05) is 30.2 Å². The molecule has 0 atom stereocenters. The average Bonchev–Trinajstić information content (AvgIpc) is 3.02. The molecule has 6 nitrogen and oxygen atoms in total. The SMILES string of the molecule is CS(=O)(=O)c1ccc(F)c(NC(=O)CCNC(=O)c2ccsc2)c1. The fourth-order valence-electron chi connectivity index (χ4n) is 1.83. The molecule has 2 rings (SSSR count). The molecule has 0 unspecified atom stereocenters. The van der Waals surface area contributed by atoms with E-state index in [-0.39, 0.29) is 29.5 Å². The summed E-state index contributed by atoms with van der Waals surface area (Å²) in [5.41, 5.74) is 0.291. The van der Waals surface area contributed by atoms with Crippen molar-refractivity contribution in [3.8, 4) is 0 Å². The minimum absolute atomic E-state index is 0.0710. The Morgan fingerprint density at radius 1 is 1.25 bits per heavy atom. The highest BCUT2D eigenvalue weighted by Crippen LogP contribution is 2.19. The van der Waals surface area contributed by atoms with E-state index in [0.29, 0.717) is 5.56 Å². The van der Waals surface area contributed by atoms with Crippen LogP contribution in [0.1, 0.15) is 16.8 Å². The molecule has 0 radical (unpaired) electrons. The second-order valence-electron chi connectivity index (χ2n) is 4.98. The van der Waals surface area contributed by atoms with Crippen LogP contribution in [0.4, 0.5) is 10.1 Å². The Bertz CT molecular complexity index is 848. The van der Waals surface area contributed by atoms with Crippen molar-refractivity contribution in [2.75, 3.05) is 18.1 Å². The predicted molar refractivity (Wildman–Crippen MR) is 89.4 cm³/mol. The third-order valence-corrected chi connectivity index (χ3v) is 4.85. The Kier molecular flexibility index (Phi) is 5.68. The van der Waals surface area contributed by atoms with Gasteiger partial charge in [-0.15, -0.1) is 0 Å². The summed E-state index contributed by atoms with van der Waals surface area (Å²) in [7, 11) is -3.51. The van der Waals surface area contributed by atoms with E-state index in [9.17, 15) is 22.4 Å². The minimum Gasteiger partial charge on any atom is -0.351 e. The Labute approximate surface area is 142 Å². The number of carbonyl (C=O) groups excluding carboxylic acids is 2. The second-order valence-corrected chi connectivity index (χ2v) is 7.78. The van der Waals surface area contributed by atoms with Gasteiger partial charge in [-0.25, -0.2) is 12.8 Å². The van der Waals surface area contributed by atoms with E-state index in [1.165, 1.54) is 11.3 Å². The highest BCUT2D eigenvalue weighted by molar-refractivity contribution is 7.90. The number of thiophene rings is 1. The van der Waals surface area contributed by atoms with Gasteiger partial charge < -0.3 is 10.6 Å². The summed E-state index contributed by atoms with van der Waals surface area (Å²) in [6.45, 7) is 0.0773. The molecule has 0 saturated carbocycles. The van der Waals surface area contributed by atoms with Crippen LogP contribution in [0.2, 0.25) is 0 Å². The molecule has 2 amide bonds. The van der Waals surface area contributed by atoms with Gasteiger partial charge in [-0.3, -0.25) is 9.59 Å². The summed E-state index contributed by atoms with van der Waals surface area (Å²) in [4.78, 5) is 23.4. The van der Waals surface area contributed by atoms with Gasteiger partial charge in [-0.1, -0.05) is 0 Å². The van der Waals surface area contributed by atoms with Crippen LogP contribution < -0.4 is 10.6 Å². The molecule has 0 spiro atoms. The van der Waals surface area contributed by atoms with Crippen molar-refractivity contribution < 1.29 is 22.4 Å². The first kappa shape index (κ1) is 18.1. The van der Waals surface area contributed by atoms with Crippen LogP contribution in [-0.2, 0) is 14.6 Å². The highest BCUT2D eigenvalue weighted by atomic mass is 32.2. The summed E-state index contributed by atoms with van der Waals surface area (Å²) in [5, 5.41) is 8.32. The molecule has 9 heteroatoms. The Morgan fingerprint density at radius 3 is 2.62 bits per heavy atom. The normalized spacial score (nSPS) is 11.1. The molecule has 0 bridgehead atoms. The third-order valence-electron chi connectivity index (χ3n) is 3.06. The van der Waals surface area contributed by atoms with Gasteiger partial charge in [0.2, 0.25) is 5.91 Å². The molecule has 0 aliphatic carbocycles. The first-order valence-corrected chi connectivity index (χ1v) is 9.70. The first-order chi connectivity index (χ1) is 11.3. The van der Waals surface area contributed by atoms with Crippen molar-refractivity contribution in [2.45, 2.75) is 11.3 Å². The number of amides is 2. The zero-order chi connectivity index (χ0) is 17.7. The maximum Gasteiger partial charge on any atom is 0.252 e. The Balaban J connectivity index is 1.92. The molecule has 2 N–H and O–H groups in total. The van der Waals surface area contributed by atoms with Crippen molar-refractivity contribution in [1.29, 1.82) is 0 Å². The first-order valence-electron chi connectivity index (χ1n) is 6.87. The van der Waals surface area contributed by atoms with E-state index in [1.54, 1.807) is 16.8 Å². The summed E-state index contributed by atoms with van der Waals surface area (Å²) >= 11 is 1.38. The monoisotopic (exact) mass is 370 g/mol. The van der Waals surface area contributed by atoms with Gasteiger partial charge in [0.25, 0.3) is 5.91 Å². The number of sulfone groups is 1. The van der Waals surface area contributed by atoms with Gasteiger partial charge in [0.1, 0.15) is 5.82 Å². The predicted octanol–water partition coefficient (Wildman–Crippen LogP) is 2.05. The number of hydrogen-bond donors (Lipinski definition) is 2. The molecular formula is C15H15FN2O4S2. The number of nitrogens with one attached hydrogen (secondary N) is 2. The average molecular weight is 370 g/mol. The van der Waals surface area contributed by atoms with Crippen molar-refractivity contribution >= 4 is 38.7 Å². The third kappa shape index (κ3) is 4.87. The van der Waals surface area contributed by atoms with E-state index < -0.39 is 21.6 Å². The fourth-order valence-corrected chi connectivity index (χ4v) is 3.11. The molecule has 1 aromatic carbocycles. The van der Waals surface area contributed by atoms with E-state index >= 15 is 0 Å². The number of benzene rings is 1. The smallest absolute Gasteiger partial charge is 0.252 e. The lowest BCUT2D eigenvalue weighted by Crippen LogP contribution is -2.27. The van der Waals surface area contributed by atoms with Crippen LogP contribution in [0.3, 0.4) is 0 Å². The van der Waals surface area contributed by atoms with Gasteiger partial charge in [0.15, 0.2) is 9.84 Å². The lowest BCUT2D eigenvalue weighted by molar-refractivity contribution is -0.116. The Hall–Kier alpha value is -2.26. The van der Waals surface area contributed by atoms with Gasteiger partial charge in [-0.05, 0) is 29.6 Å². The summed E-state index contributed by atoms with van der Waals surface area (Å²) in [6, 6.07) is 4.82.